The molecule has 1 aromatic carbocycles. The number of aryl methyl sites for hydroxylation is 1. The Morgan fingerprint density at radius 2 is 1.92 bits per heavy atom. The molecule has 4 rings (SSSR count). The molecule has 0 bridgehead atoms. The first kappa shape index (κ1) is 26.6. The number of nitrogens with two attached hydrogens (primary N) is 1. The third kappa shape index (κ3) is 5.59. The van der Waals surface area contributed by atoms with Crippen molar-refractivity contribution in [2.75, 3.05) is 18.4 Å². The number of benzene rings is 1. The molecule has 38 heavy (non-hydrogen) atoms. The Kier molecular flexibility index (Phi) is 7.62. The average Bonchev–Trinajstić information content (AvgIpc) is 3.54. The monoisotopic (exact) mass is 529 g/mol. The van der Waals surface area contributed by atoms with Gasteiger partial charge in [0.05, 0.1) is 29.7 Å². The number of hydrogen-bond donors (Lipinski definition) is 5. The van der Waals surface area contributed by atoms with E-state index in [-0.39, 0.29) is 36.2 Å². The van der Waals surface area contributed by atoms with Gasteiger partial charge in [0.15, 0.2) is 11.5 Å². The maximum absolute atomic E-state index is 13.4. The van der Waals surface area contributed by atoms with Gasteiger partial charge in [0.1, 0.15) is 5.69 Å². The fraction of sp³-hybridized carbons (Fsp3) is 0.292. The molecular formula is C24H26F3N9O2. The minimum Gasteiger partial charge on any atom is -0.353 e. The predicted molar refractivity (Wildman–Crippen MR) is 134 cm³/mol. The number of carbonyl (C=O) groups excluding carboxylic acids is 2. The normalized spacial score (nSPS) is 12.4. The topological polar surface area (TPSA) is 155 Å². The van der Waals surface area contributed by atoms with Gasteiger partial charge in [-0.1, -0.05) is 6.92 Å². The van der Waals surface area contributed by atoms with Gasteiger partial charge in [-0.2, -0.15) is 18.3 Å². The van der Waals surface area contributed by atoms with Crippen molar-refractivity contribution >= 4 is 29.0 Å². The fourth-order valence-corrected chi connectivity index (χ4v) is 3.84. The molecule has 200 valence electrons. The summed E-state index contributed by atoms with van der Waals surface area (Å²) in [6.45, 7) is 3.96. The number of aromatic amines is 1. The minimum atomic E-state index is -4.61. The number of amides is 2. The van der Waals surface area contributed by atoms with Crippen molar-refractivity contribution in [2.24, 2.45) is 5.73 Å². The lowest BCUT2D eigenvalue weighted by Gasteiger charge is -2.13. The summed E-state index contributed by atoms with van der Waals surface area (Å²) in [6.07, 6.45) is 1.34. The number of imidazole rings is 1. The van der Waals surface area contributed by atoms with Crippen LogP contribution in [0.3, 0.4) is 0 Å². The second kappa shape index (κ2) is 10.9. The standard InChI is InChI=1S/C24H26F3N9O2/c1-3-14-10-15(4-5-16(14)23(38)31-7-6-30-22(37)13(2)28)34-20-21-32-12-18(36(21)9-8-29-20)17-11-33-35-19(17)24(25,26)27/h4-5,8-13H,3,6-7,28H2,1-2H3,(H,29,34)(H,30,37)(H,31,38)(H,33,35). The maximum Gasteiger partial charge on any atom is 0.433 e. The van der Waals surface area contributed by atoms with E-state index in [4.69, 9.17) is 5.73 Å². The Balaban J connectivity index is 1.52. The summed E-state index contributed by atoms with van der Waals surface area (Å²) in [7, 11) is 0. The minimum absolute atomic E-state index is 0.136. The molecule has 0 spiro atoms. The van der Waals surface area contributed by atoms with Crippen molar-refractivity contribution < 1.29 is 22.8 Å². The molecule has 14 heteroatoms. The van der Waals surface area contributed by atoms with E-state index < -0.39 is 17.9 Å². The van der Waals surface area contributed by atoms with E-state index in [0.717, 1.165) is 11.8 Å². The summed E-state index contributed by atoms with van der Waals surface area (Å²) in [6, 6.07) is 4.52. The first-order valence-corrected chi connectivity index (χ1v) is 11.7. The molecule has 4 aromatic rings. The van der Waals surface area contributed by atoms with Crippen LogP contribution in [0.1, 0.15) is 35.5 Å². The van der Waals surface area contributed by atoms with Crippen molar-refractivity contribution in [2.45, 2.75) is 32.5 Å². The number of nitrogens with zero attached hydrogens (tertiary/aromatic N) is 4. The largest absolute Gasteiger partial charge is 0.433 e. The van der Waals surface area contributed by atoms with Crippen LogP contribution in [0.25, 0.3) is 16.9 Å². The van der Waals surface area contributed by atoms with Crippen molar-refractivity contribution in [1.29, 1.82) is 0 Å². The highest BCUT2D eigenvalue weighted by molar-refractivity contribution is 5.96. The van der Waals surface area contributed by atoms with Crippen molar-refractivity contribution in [1.82, 2.24) is 35.2 Å². The predicted octanol–water partition coefficient (Wildman–Crippen LogP) is 2.64. The molecule has 0 aliphatic rings. The molecular weight excluding hydrogens is 503 g/mol. The van der Waals surface area contributed by atoms with E-state index >= 15 is 0 Å². The Hall–Kier alpha value is -4.46. The molecule has 1 atom stereocenters. The Bertz CT molecular complexity index is 1460. The molecule has 0 fully saturated rings. The van der Waals surface area contributed by atoms with E-state index in [1.807, 2.05) is 12.0 Å². The zero-order valence-electron chi connectivity index (χ0n) is 20.6. The molecule has 11 nitrogen and oxygen atoms in total. The number of aromatic nitrogens is 5. The number of halogens is 3. The van der Waals surface area contributed by atoms with Crippen LogP contribution in [0.2, 0.25) is 0 Å². The molecule has 0 radical (unpaired) electrons. The lowest BCUT2D eigenvalue weighted by molar-refractivity contribution is -0.140. The van der Waals surface area contributed by atoms with Crippen molar-refractivity contribution in [3.8, 4) is 11.3 Å². The smallest absolute Gasteiger partial charge is 0.353 e. The van der Waals surface area contributed by atoms with Crippen LogP contribution in [0.5, 0.6) is 0 Å². The summed E-state index contributed by atoms with van der Waals surface area (Å²) in [5.41, 5.74) is 6.75. The SMILES string of the molecule is CCc1cc(Nc2nccn3c(-c4cn[nH]c4C(F)(F)F)cnc23)ccc1C(=O)NCCNC(=O)C(C)N. The third-order valence-corrected chi connectivity index (χ3v) is 5.74. The molecule has 3 heterocycles. The highest BCUT2D eigenvalue weighted by Gasteiger charge is 2.36. The number of H-pyrrole nitrogens is 1. The number of nitrogens with one attached hydrogen (secondary N) is 4. The van der Waals surface area contributed by atoms with E-state index in [9.17, 15) is 22.8 Å². The van der Waals surface area contributed by atoms with Gasteiger partial charge in [0.25, 0.3) is 5.91 Å². The number of anilines is 2. The van der Waals surface area contributed by atoms with E-state index in [0.29, 0.717) is 29.1 Å². The Morgan fingerprint density at radius 1 is 1.16 bits per heavy atom. The van der Waals surface area contributed by atoms with Gasteiger partial charge in [-0.3, -0.25) is 19.1 Å². The quantitative estimate of drug-likeness (QED) is 0.209. The molecule has 2 amide bonds. The molecule has 0 saturated carbocycles. The van der Waals surface area contributed by atoms with E-state index in [1.54, 1.807) is 25.1 Å². The first-order valence-electron chi connectivity index (χ1n) is 11.7. The number of hydrogen-bond acceptors (Lipinski definition) is 7. The number of rotatable bonds is 9. The summed E-state index contributed by atoms with van der Waals surface area (Å²) in [5, 5.41) is 14.1. The Labute approximate surface area is 215 Å². The van der Waals surface area contributed by atoms with Crippen LogP contribution in [0, 0.1) is 0 Å². The van der Waals surface area contributed by atoms with Gasteiger partial charge >= 0.3 is 6.18 Å². The second-order valence-electron chi connectivity index (χ2n) is 8.46. The van der Waals surface area contributed by atoms with Gasteiger partial charge in [0.2, 0.25) is 5.91 Å². The highest BCUT2D eigenvalue weighted by Crippen LogP contribution is 2.36. The van der Waals surface area contributed by atoms with E-state index in [1.165, 1.54) is 23.0 Å². The van der Waals surface area contributed by atoms with Crippen LogP contribution in [-0.2, 0) is 17.4 Å². The zero-order chi connectivity index (χ0) is 27.4. The van der Waals surface area contributed by atoms with Gasteiger partial charge in [-0.05, 0) is 37.1 Å². The van der Waals surface area contributed by atoms with E-state index in [2.05, 4.69) is 31.0 Å². The number of alkyl halides is 3. The highest BCUT2D eigenvalue weighted by atomic mass is 19.4. The zero-order valence-corrected chi connectivity index (χ0v) is 20.6. The average molecular weight is 530 g/mol. The molecule has 1 unspecified atom stereocenters. The summed E-state index contributed by atoms with van der Waals surface area (Å²) >= 11 is 0. The lowest BCUT2D eigenvalue weighted by Crippen LogP contribution is -2.42. The lowest BCUT2D eigenvalue weighted by atomic mass is 10.0. The van der Waals surface area contributed by atoms with Gasteiger partial charge in [0, 0.05) is 36.7 Å². The fourth-order valence-electron chi connectivity index (χ4n) is 3.84. The first-order chi connectivity index (χ1) is 18.1. The Morgan fingerprint density at radius 3 is 2.63 bits per heavy atom. The van der Waals surface area contributed by atoms with Gasteiger partial charge < -0.3 is 21.7 Å². The van der Waals surface area contributed by atoms with Gasteiger partial charge in [-0.25, -0.2) is 9.97 Å². The third-order valence-electron chi connectivity index (χ3n) is 5.74. The van der Waals surface area contributed by atoms with Crippen molar-refractivity contribution in [3.63, 3.8) is 0 Å². The van der Waals surface area contributed by atoms with Crippen LogP contribution in [0.4, 0.5) is 24.7 Å². The van der Waals surface area contributed by atoms with Crippen LogP contribution < -0.4 is 21.7 Å². The van der Waals surface area contributed by atoms with Crippen LogP contribution in [0.15, 0.2) is 43.0 Å². The summed E-state index contributed by atoms with van der Waals surface area (Å²) in [5.74, 6) is -0.273. The van der Waals surface area contributed by atoms with Crippen LogP contribution >= 0.6 is 0 Å². The summed E-state index contributed by atoms with van der Waals surface area (Å²) in [4.78, 5) is 32.8. The molecule has 6 N–H and O–H groups in total. The molecule has 3 aromatic heterocycles. The molecule has 0 saturated heterocycles. The van der Waals surface area contributed by atoms with Gasteiger partial charge in [-0.15, -0.1) is 0 Å². The molecule has 0 aliphatic heterocycles. The number of fused-ring (bicyclic) bond motifs is 1. The molecule has 0 aliphatic carbocycles. The summed E-state index contributed by atoms with van der Waals surface area (Å²) < 4.78 is 41.6. The van der Waals surface area contributed by atoms with Crippen molar-refractivity contribution in [3.05, 3.63) is 59.8 Å². The maximum atomic E-state index is 13.4. The second-order valence-corrected chi connectivity index (χ2v) is 8.46. The van der Waals surface area contributed by atoms with Crippen LogP contribution in [-0.4, -0.2) is 55.5 Å². The number of carbonyl (C=O) groups is 2.